The minimum Gasteiger partial charge on any atom is -0.274 e. The topological polar surface area (TPSA) is 37.4 Å². The third-order valence-electron chi connectivity index (χ3n) is 4.17. The first kappa shape index (κ1) is 14.5. The Labute approximate surface area is 130 Å². The molecule has 1 heterocycles. The number of anilines is 1. The summed E-state index contributed by atoms with van der Waals surface area (Å²) in [5.74, 6) is -0.433. The highest BCUT2D eigenvalue weighted by Gasteiger charge is 2.39. The van der Waals surface area contributed by atoms with Gasteiger partial charge in [0.1, 0.15) is 0 Å². The van der Waals surface area contributed by atoms with Crippen LogP contribution < -0.4 is 4.90 Å². The van der Waals surface area contributed by atoms with Gasteiger partial charge in [0.25, 0.3) is 0 Å². The standard InChI is InChI=1S/C19H19NO2/c1-13-8-9-14(2)17(10-13)20-18(21)12-16(19(20)22)11-15-6-4-3-5-7-15/h3-10,16H,11-12H2,1-2H3/t16-/m0/s1. The zero-order valence-electron chi connectivity index (χ0n) is 12.9. The van der Waals surface area contributed by atoms with Crippen LogP contribution in [0, 0.1) is 19.8 Å². The van der Waals surface area contributed by atoms with E-state index >= 15 is 0 Å². The number of hydrogen-bond donors (Lipinski definition) is 0. The molecule has 0 saturated carbocycles. The number of rotatable bonds is 3. The van der Waals surface area contributed by atoms with Crippen molar-refractivity contribution in [1.82, 2.24) is 0 Å². The van der Waals surface area contributed by atoms with Crippen molar-refractivity contribution >= 4 is 17.5 Å². The molecule has 1 atom stereocenters. The fourth-order valence-corrected chi connectivity index (χ4v) is 2.97. The molecule has 2 aromatic carbocycles. The van der Waals surface area contributed by atoms with Crippen molar-refractivity contribution < 1.29 is 9.59 Å². The maximum Gasteiger partial charge on any atom is 0.237 e. The highest BCUT2D eigenvalue weighted by molar-refractivity contribution is 6.21. The number of carbonyl (C=O) groups is 2. The molecule has 2 amide bonds. The van der Waals surface area contributed by atoms with Crippen molar-refractivity contribution in [2.45, 2.75) is 26.7 Å². The molecule has 112 valence electrons. The fraction of sp³-hybridized carbons (Fsp3) is 0.263. The van der Waals surface area contributed by atoms with Crippen LogP contribution in [0.1, 0.15) is 23.1 Å². The van der Waals surface area contributed by atoms with Gasteiger partial charge >= 0.3 is 0 Å². The quantitative estimate of drug-likeness (QED) is 0.813. The smallest absolute Gasteiger partial charge is 0.237 e. The molecule has 0 N–H and O–H groups in total. The van der Waals surface area contributed by atoms with Crippen molar-refractivity contribution in [3.8, 4) is 0 Å². The lowest BCUT2D eigenvalue weighted by Gasteiger charge is -2.18. The van der Waals surface area contributed by atoms with Gasteiger partial charge in [-0.2, -0.15) is 0 Å². The van der Waals surface area contributed by atoms with Gasteiger partial charge in [-0.05, 0) is 43.0 Å². The first-order valence-corrected chi connectivity index (χ1v) is 7.54. The van der Waals surface area contributed by atoms with Gasteiger partial charge in [0.05, 0.1) is 11.6 Å². The minimum absolute atomic E-state index is 0.0810. The zero-order chi connectivity index (χ0) is 15.7. The maximum atomic E-state index is 12.7. The molecule has 0 radical (unpaired) electrons. The number of hydrogen-bond acceptors (Lipinski definition) is 2. The highest BCUT2D eigenvalue weighted by Crippen LogP contribution is 2.31. The predicted octanol–water partition coefficient (Wildman–Crippen LogP) is 3.43. The monoisotopic (exact) mass is 293 g/mol. The van der Waals surface area contributed by atoms with Crippen LogP contribution in [0.15, 0.2) is 48.5 Å². The first-order chi connectivity index (χ1) is 10.6. The van der Waals surface area contributed by atoms with E-state index in [9.17, 15) is 9.59 Å². The van der Waals surface area contributed by atoms with Crippen molar-refractivity contribution in [2.75, 3.05) is 4.90 Å². The first-order valence-electron chi connectivity index (χ1n) is 7.54. The van der Waals surface area contributed by atoms with Gasteiger partial charge in [-0.15, -0.1) is 0 Å². The Balaban J connectivity index is 1.87. The summed E-state index contributed by atoms with van der Waals surface area (Å²) >= 11 is 0. The van der Waals surface area contributed by atoms with Gasteiger partial charge in [-0.25, -0.2) is 0 Å². The lowest BCUT2D eigenvalue weighted by atomic mass is 9.98. The Hall–Kier alpha value is -2.42. The second-order valence-corrected chi connectivity index (χ2v) is 5.95. The summed E-state index contributed by atoms with van der Waals surface area (Å²) < 4.78 is 0. The minimum atomic E-state index is -0.255. The lowest BCUT2D eigenvalue weighted by molar-refractivity contribution is -0.122. The molecule has 0 aliphatic carbocycles. The maximum absolute atomic E-state index is 12.7. The molecule has 22 heavy (non-hydrogen) atoms. The summed E-state index contributed by atoms with van der Waals surface area (Å²) in [6, 6.07) is 15.7. The van der Waals surface area contributed by atoms with E-state index in [-0.39, 0.29) is 17.7 Å². The number of carbonyl (C=O) groups excluding carboxylic acids is 2. The SMILES string of the molecule is Cc1ccc(C)c(N2C(=O)C[C@H](Cc3ccccc3)C2=O)c1. The van der Waals surface area contributed by atoms with Crippen molar-refractivity contribution in [1.29, 1.82) is 0 Å². The molecule has 1 aliphatic rings. The van der Waals surface area contributed by atoms with E-state index in [1.54, 1.807) is 0 Å². The number of aryl methyl sites for hydroxylation is 2. The van der Waals surface area contributed by atoms with Crippen LogP contribution in [0.2, 0.25) is 0 Å². The van der Waals surface area contributed by atoms with E-state index in [0.717, 1.165) is 22.4 Å². The number of amides is 2. The summed E-state index contributed by atoms with van der Waals surface area (Å²) in [6.07, 6.45) is 0.911. The number of imide groups is 1. The van der Waals surface area contributed by atoms with Gasteiger partial charge in [-0.1, -0.05) is 42.5 Å². The summed E-state index contributed by atoms with van der Waals surface area (Å²) in [7, 11) is 0. The predicted molar refractivity (Wildman–Crippen MR) is 86.7 cm³/mol. The molecule has 0 unspecified atom stereocenters. The molecule has 3 rings (SSSR count). The van der Waals surface area contributed by atoms with Gasteiger partial charge < -0.3 is 0 Å². The number of nitrogens with zero attached hydrogens (tertiary/aromatic N) is 1. The van der Waals surface area contributed by atoms with Crippen LogP contribution in [0.3, 0.4) is 0 Å². The molecule has 0 spiro atoms. The van der Waals surface area contributed by atoms with Crippen LogP contribution in [0.5, 0.6) is 0 Å². The van der Waals surface area contributed by atoms with E-state index < -0.39 is 0 Å². The highest BCUT2D eigenvalue weighted by atomic mass is 16.2. The molecule has 1 fully saturated rings. The van der Waals surface area contributed by atoms with E-state index in [1.165, 1.54) is 4.90 Å². The zero-order valence-corrected chi connectivity index (χ0v) is 12.9. The molecule has 1 aliphatic heterocycles. The van der Waals surface area contributed by atoms with Gasteiger partial charge in [-0.3, -0.25) is 14.5 Å². The molecule has 0 aromatic heterocycles. The summed E-state index contributed by atoms with van der Waals surface area (Å²) in [5.41, 5.74) is 3.82. The Morgan fingerprint density at radius 1 is 1.05 bits per heavy atom. The van der Waals surface area contributed by atoms with Gasteiger partial charge in [0.15, 0.2) is 0 Å². The Kier molecular flexibility index (Phi) is 3.80. The summed E-state index contributed by atoms with van der Waals surface area (Å²) in [6.45, 7) is 3.90. The van der Waals surface area contributed by atoms with Gasteiger partial charge in [0.2, 0.25) is 11.8 Å². The molecular weight excluding hydrogens is 274 g/mol. The molecule has 0 bridgehead atoms. The molecule has 3 nitrogen and oxygen atoms in total. The second kappa shape index (κ2) is 5.76. The van der Waals surface area contributed by atoms with E-state index in [2.05, 4.69) is 0 Å². The summed E-state index contributed by atoms with van der Waals surface area (Å²) in [5, 5.41) is 0. The molecule has 2 aromatic rings. The van der Waals surface area contributed by atoms with E-state index in [0.29, 0.717) is 12.8 Å². The summed E-state index contributed by atoms with van der Waals surface area (Å²) in [4.78, 5) is 26.4. The van der Waals surface area contributed by atoms with Crippen LogP contribution in [-0.2, 0) is 16.0 Å². The molecular formula is C19H19NO2. The largest absolute Gasteiger partial charge is 0.274 e. The average Bonchev–Trinajstić information content (AvgIpc) is 2.77. The fourth-order valence-electron chi connectivity index (χ4n) is 2.97. The van der Waals surface area contributed by atoms with Crippen molar-refractivity contribution in [3.05, 3.63) is 65.2 Å². The Morgan fingerprint density at radius 3 is 2.50 bits per heavy atom. The third kappa shape index (κ3) is 2.67. The molecule has 1 saturated heterocycles. The van der Waals surface area contributed by atoms with Crippen LogP contribution in [0.4, 0.5) is 5.69 Å². The average molecular weight is 293 g/mol. The molecule has 3 heteroatoms. The van der Waals surface area contributed by atoms with Crippen LogP contribution in [0.25, 0.3) is 0 Å². The van der Waals surface area contributed by atoms with Crippen LogP contribution in [-0.4, -0.2) is 11.8 Å². The van der Waals surface area contributed by atoms with Gasteiger partial charge in [0, 0.05) is 6.42 Å². The van der Waals surface area contributed by atoms with Crippen molar-refractivity contribution in [3.63, 3.8) is 0 Å². The van der Waals surface area contributed by atoms with E-state index in [1.807, 2.05) is 62.4 Å². The van der Waals surface area contributed by atoms with Crippen LogP contribution >= 0.6 is 0 Å². The van der Waals surface area contributed by atoms with E-state index in [4.69, 9.17) is 0 Å². The Morgan fingerprint density at radius 2 is 1.77 bits per heavy atom. The lowest BCUT2D eigenvalue weighted by Crippen LogP contribution is -2.31. The normalized spacial score (nSPS) is 18.1. The number of benzene rings is 2. The Bertz CT molecular complexity index is 721. The van der Waals surface area contributed by atoms with Crippen molar-refractivity contribution in [2.24, 2.45) is 5.92 Å². The second-order valence-electron chi connectivity index (χ2n) is 5.95. The third-order valence-corrected chi connectivity index (χ3v) is 4.17.